The number of urea groups is 1. The smallest absolute Gasteiger partial charge is 0.315 e. The second-order valence-electron chi connectivity index (χ2n) is 5.65. The molecule has 2 amide bonds. The monoisotopic (exact) mass is 325 g/mol. The fraction of sp³-hybridized carbons (Fsp3) is 0.533. The molecule has 7 heteroatoms. The maximum Gasteiger partial charge on any atom is 0.315 e. The van der Waals surface area contributed by atoms with E-state index in [1.165, 1.54) is 6.42 Å². The summed E-state index contributed by atoms with van der Waals surface area (Å²) in [5.74, 6) is 0.474. The minimum atomic E-state index is -3.22. The van der Waals surface area contributed by atoms with Gasteiger partial charge in [-0.25, -0.2) is 17.9 Å². The Morgan fingerprint density at radius 1 is 1.23 bits per heavy atom. The molecule has 3 N–H and O–H groups in total. The number of rotatable bonds is 7. The van der Waals surface area contributed by atoms with Crippen LogP contribution in [0.1, 0.15) is 30.9 Å². The SMILES string of the molecule is CS(=O)(=O)NCCNC(=O)N[C@@H](c1ccccc1)C1CCC1. The Bertz CT molecular complexity index is 585. The Balaban J connectivity index is 1.84. The minimum absolute atomic E-state index is 0.0119. The van der Waals surface area contributed by atoms with Crippen LogP contribution in [0.3, 0.4) is 0 Å². The van der Waals surface area contributed by atoms with Gasteiger partial charge < -0.3 is 10.6 Å². The van der Waals surface area contributed by atoms with E-state index in [4.69, 9.17) is 0 Å². The summed E-state index contributed by atoms with van der Waals surface area (Å²) in [6, 6.07) is 9.68. The molecule has 0 heterocycles. The van der Waals surface area contributed by atoms with E-state index in [2.05, 4.69) is 15.4 Å². The molecule has 1 aromatic rings. The molecule has 2 rings (SSSR count). The molecule has 1 aromatic carbocycles. The van der Waals surface area contributed by atoms with Crippen molar-refractivity contribution in [1.29, 1.82) is 0 Å². The van der Waals surface area contributed by atoms with Gasteiger partial charge in [-0.05, 0) is 24.3 Å². The fourth-order valence-corrected chi connectivity index (χ4v) is 2.98. The lowest BCUT2D eigenvalue weighted by atomic mass is 9.77. The van der Waals surface area contributed by atoms with Crippen LogP contribution >= 0.6 is 0 Å². The third-order valence-corrected chi connectivity index (χ3v) is 4.57. The van der Waals surface area contributed by atoms with Crippen molar-refractivity contribution in [1.82, 2.24) is 15.4 Å². The van der Waals surface area contributed by atoms with Crippen LogP contribution in [0.2, 0.25) is 0 Å². The average molecular weight is 325 g/mol. The van der Waals surface area contributed by atoms with Crippen LogP contribution in [-0.2, 0) is 10.0 Å². The molecule has 0 unspecified atom stereocenters. The fourth-order valence-electron chi connectivity index (χ4n) is 2.51. The summed E-state index contributed by atoms with van der Waals surface area (Å²) in [5, 5.41) is 5.69. The Hall–Kier alpha value is -1.60. The highest BCUT2D eigenvalue weighted by Crippen LogP contribution is 2.37. The average Bonchev–Trinajstić information content (AvgIpc) is 2.41. The second-order valence-corrected chi connectivity index (χ2v) is 7.48. The molecule has 0 aromatic heterocycles. The van der Waals surface area contributed by atoms with Gasteiger partial charge in [-0.15, -0.1) is 0 Å². The number of amides is 2. The second kappa shape index (κ2) is 7.60. The number of carbonyl (C=O) groups is 1. The first-order valence-corrected chi connectivity index (χ1v) is 9.39. The molecule has 1 saturated carbocycles. The molecule has 1 aliphatic carbocycles. The number of carbonyl (C=O) groups excluding carboxylic acids is 1. The number of nitrogens with one attached hydrogen (secondary N) is 3. The van der Waals surface area contributed by atoms with Crippen LogP contribution in [0.15, 0.2) is 30.3 Å². The highest BCUT2D eigenvalue weighted by molar-refractivity contribution is 7.88. The molecular formula is C15H23N3O3S. The van der Waals surface area contributed by atoms with E-state index in [-0.39, 0.29) is 25.2 Å². The van der Waals surface area contributed by atoms with E-state index < -0.39 is 10.0 Å². The Kier molecular flexibility index (Phi) is 5.79. The van der Waals surface area contributed by atoms with Crippen molar-refractivity contribution in [2.75, 3.05) is 19.3 Å². The van der Waals surface area contributed by atoms with E-state index in [1.807, 2.05) is 30.3 Å². The number of hydrogen-bond donors (Lipinski definition) is 3. The molecule has 0 radical (unpaired) electrons. The number of hydrogen-bond acceptors (Lipinski definition) is 3. The summed E-state index contributed by atoms with van der Waals surface area (Å²) < 4.78 is 24.2. The first kappa shape index (κ1) is 16.8. The Morgan fingerprint density at radius 2 is 1.91 bits per heavy atom. The van der Waals surface area contributed by atoms with Crippen molar-refractivity contribution < 1.29 is 13.2 Å². The van der Waals surface area contributed by atoms with Crippen molar-refractivity contribution in [3.63, 3.8) is 0 Å². The topological polar surface area (TPSA) is 87.3 Å². The first-order chi connectivity index (χ1) is 10.5. The van der Waals surface area contributed by atoms with Crippen molar-refractivity contribution in [2.24, 2.45) is 5.92 Å². The van der Waals surface area contributed by atoms with Crippen LogP contribution in [0, 0.1) is 5.92 Å². The van der Waals surface area contributed by atoms with Crippen LogP contribution in [0.5, 0.6) is 0 Å². The predicted molar refractivity (Wildman–Crippen MR) is 85.9 cm³/mol. The summed E-state index contributed by atoms with van der Waals surface area (Å²) in [7, 11) is -3.22. The Morgan fingerprint density at radius 3 is 2.45 bits per heavy atom. The summed E-state index contributed by atoms with van der Waals surface area (Å²) in [5.41, 5.74) is 1.11. The Labute approximate surface area is 131 Å². The van der Waals surface area contributed by atoms with Crippen LogP contribution in [0.4, 0.5) is 4.79 Å². The van der Waals surface area contributed by atoms with Crippen molar-refractivity contribution >= 4 is 16.1 Å². The summed E-state index contributed by atoms with van der Waals surface area (Å²) in [6.07, 6.45) is 4.54. The van der Waals surface area contributed by atoms with E-state index in [1.54, 1.807) is 0 Å². The third-order valence-electron chi connectivity index (χ3n) is 3.84. The van der Waals surface area contributed by atoms with Gasteiger partial charge in [0.2, 0.25) is 10.0 Å². The zero-order valence-corrected chi connectivity index (χ0v) is 13.5. The highest BCUT2D eigenvalue weighted by Gasteiger charge is 2.29. The van der Waals surface area contributed by atoms with E-state index >= 15 is 0 Å². The molecule has 22 heavy (non-hydrogen) atoms. The van der Waals surface area contributed by atoms with Gasteiger partial charge in [-0.1, -0.05) is 36.8 Å². The van der Waals surface area contributed by atoms with Crippen molar-refractivity contribution in [3.8, 4) is 0 Å². The molecule has 0 aliphatic heterocycles. The summed E-state index contributed by atoms with van der Waals surface area (Å²) in [4.78, 5) is 12.0. The van der Waals surface area contributed by atoms with Crippen LogP contribution in [-0.4, -0.2) is 33.8 Å². The zero-order valence-electron chi connectivity index (χ0n) is 12.7. The standard InChI is InChI=1S/C15H23N3O3S/c1-22(20,21)17-11-10-16-15(19)18-14(13-8-5-9-13)12-6-3-2-4-7-12/h2-4,6-7,13-14,17H,5,8-11H2,1H3,(H2,16,18,19)/t14-/m0/s1. The lowest BCUT2D eigenvalue weighted by molar-refractivity contribution is 0.208. The molecule has 1 atom stereocenters. The van der Waals surface area contributed by atoms with Gasteiger partial charge in [0.15, 0.2) is 0 Å². The van der Waals surface area contributed by atoms with Crippen molar-refractivity contribution in [2.45, 2.75) is 25.3 Å². The molecule has 1 fully saturated rings. The zero-order chi connectivity index (χ0) is 16.0. The minimum Gasteiger partial charge on any atom is -0.337 e. The van der Waals surface area contributed by atoms with Crippen molar-refractivity contribution in [3.05, 3.63) is 35.9 Å². The van der Waals surface area contributed by atoms with Crippen LogP contribution < -0.4 is 15.4 Å². The van der Waals surface area contributed by atoms with E-state index in [0.29, 0.717) is 5.92 Å². The van der Waals surface area contributed by atoms with Gasteiger partial charge in [-0.2, -0.15) is 0 Å². The lowest BCUT2D eigenvalue weighted by Gasteiger charge is -2.34. The largest absolute Gasteiger partial charge is 0.337 e. The molecule has 0 bridgehead atoms. The molecule has 0 spiro atoms. The first-order valence-electron chi connectivity index (χ1n) is 7.49. The molecule has 122 valence electrons. The van der Waals surface area contributed by atoms with Gasteiger partial charge in [0, 0.05) is 13.1 Å². The van der Waals surface area contributed by atoms with Gasteiger partial charge in [-0.3, -0.25) is 0 Å². The summed E-state index contributed by atoms with van der Waals surface area (Å²) >= 11 is 0. The summed E-state index contributed by atoms with van der Waals surface area (Å²) in [6.45, 7) is 0.441. The highest BCUT2D eigenvalue weighted by atomic mass is 32.2. The molecule has 0 saturated heterocycles. The number of sulfonamides is 1. The van der Waals surface area contributed by atoms with E-state index in [9.17, 15) is 13.2 Å². The molecule has 6 nitrogen and oxygen atoms in total. The number of benzene rings is 1. The van der Waals surface area contributed by atoms with E-state index in [0.717, 1.165) is 24.7 Å². The normalized spacial score (nSPS) is 16.6. The van der Waals surface area contributed by atoms with Gasteiger partial charge in [0.1, 0.15) is 0 Å². The molecule has 1 aliphatic rings. The van der Waals surface area contributed by atoms with Gasteiger partial charge in [0.25, 0.3) is 0 Å². The van der Waals surface area contributed by atoms with Gasteiger partial charge in [0.05, 0.1) is 12.3 Å². The van der Waals surface area contributed by atoms with Gasteiger partial charge >= 0.3 is 6.03 Å². The maximum atomic E-state index is 12.0. The predicted octanol–water partition coefficient (Wildman–Crippen LogP) is 1.38. The molecular weight excluding hydrogens is 302 g/mol. The lowest BCUT2D eigenvalue weighted by Crippen LogP contribution is -2.44. The maximum absolute atomic E-state index is 12.0. The quantitative estimate of drug-likeness (QED) is 0.662. The third kappa shape index (κ3) is 5.31. The van der Waals surface area contributed by atoms with Crippen LogP contribution in [0.25, 0.3) is 0 Å².